The molecule has 0 saturated heterocycles. The van der Waals surface area contributed by atoms with Crippen LogP contribution >= 0.6 is 11.6 Å². The molecule has 132 valence electrons. The normalized spacial score (nSPS) is 11.0. The summed E-state index contributed by atoms with van der Waals surface area (Å²) < 4.78 is 6.50. The molecule has 0 bridgehead atoms. The lowest BCUT2D eigenvalue weighted by Crippen LogP contribution is -2.25. The van der Waals surface area contributed by atoms with E-state index < -0.39 is 0 Å². The Morgan fingerprint density at radius 3 is 2.50 bits per heavy atom. The Morgan fingerprint density at radius 2 is 1.85 bits per heavy atom. The van der Waals surface area contributed by atoms with E-state index in [-0.39, 0.29) is 11.2 Å². The van der Waals surface area contributed by atoms with Crippen LogP contribution in [0.4, 0.5) is 5.69 Å². The second kappa shape index (κ2) is 7.89. The van der Waals surface area contributed by atoms with E-state index in [9.17, 15) is 4.79 Å². The van der Waals surface area contributed by atoms with Crippen LogP contribution in [0.5, 0.6) is 5.75 Å². The predicted octanol–water partition coefficient (Wildman–Crippen LogP) is 3.87. The van der Waals surface area contributed by atoms with E-state index in [4.69, 9.17) is 22.1 Å². The third-order valence-electron chi connectivity index (χ3n) is 3.85. The standard InChI is InChI=1S/C20H18ClN3O2/c1-26-17-10-6-15(7-11-17)19-13-18(22)20(25)24(23-19)12-2-3-14-4-8-16(21)9-5-14/h2-11,13H,12,22H2,1H3. The van der Waals surface area contributed by atoms with Crippen LogP contribution in [0.3, 0.4) is 0 Å². The Kier molecular flexibility index (Phi) is 5.39. The minimum atomic E-state index is -0.317. The van der Waals surface area contributed by atoms with E-state index in [2.05, 4.69) is 5.10 Å². The molecule has 0 atom stereocenters. The monoisotopic (exact) mass is 367 g/mol. The van der Waals surface area contributed by atoms with Crippen LogP contribution in [0.2, 0.25) is 5.02 Å². The van der Waals surface area contributed by atoms with Crippen LogP contribution < -0.4 is 16.0 Å². The van der Waals surface area contributed by atoms with Crippen LogP contribution in [0.25, 0.3) is 17.3 Å². The molecule has 3 rings (SSSR count). The first-order valence-electron chi connectivity index (χ1n) is 8.01. The largest absolute Gasteiger partial charge is 0.497 e. The van der Waals surface area contributed by atoms with Crippen LogP contribution in [0.1, 0.15) is 5.56 Å². The topological polar surface area (TPSA) is 70.1 Å². The number of allylic oxidation sites excluding steroid dienone is 1. The van der Waals surface area contributed by atoms with Gasteiger partial charge in [-0.15, -0.1) is 0 Å². The smallest absolute Gasteiger partial charge is 0.290 e. The summed E-state index contributed by atoms with van der Waals surface area (Å²) in [6.45, 7) is 0.315. The van der Waals surface area contributed by atoms with Crippen molar-refractivity contribution in [2.24, 2.45) is 0 Å². The van der Waals surface area contributed by atoms with E-state index >= 15 is 0 Å². The third kappa shape index (κ3) is 4.13. The minimum Gasteiger partial charge on any atom is -0.497 e. The number of benzene rings is 2. The zero-order chi connectivity index (χ0) is 18.5. The summed E-state index contributed by atoms with van der Waals surface area (Å²) in [5, 5.41) is 5.10. The fourth-order valence-corrected chi connectivity index (χ4v) is 2.58. The van der Waals surface area contributed by atoms with Crippen LogP contribution in [0, 0.1) is 0 Å². The highest BCUT2D eigenvalue weighted by Crippen LogP contribution is 2.20. The van der Waals surface area contributed by atoms with Gasteiger partial charge in [-0.3, -0.25) is 4.79 Å². The number of nitrogens with zero attached hydrogens (tertiary/aromatic N) is 2. The number of anilines is 1. The number of methoxy groups -OCH3 is 1. The van der Waals surface area contributed by atoms with Crippen molar-refractivity contribution < 1.29 is 4.74 Å². The average Bonchev–Trinajstić information content (AvgIpc) is 2.66. The molecule has 2 N–H and O–H groups in total. The lowest BCUT2D eigenvalue weighted by molar-refractivity contribution is 0.415. The maximum absolute atomic E-state index is 12.2. The van der Waals surface area contributed by atoms with Gasteiger partial charge in [-0.25, -0.2) is 4.68 Å². The third-order valence-corrected chi connectivity index (χ3v) is 4.10. The minimum absolute atomic E-state index is 0.158. The first-order valence-corrected chi connectivity index (χ1v) is 8.39. The number of hydrogen-bond acceptors (Lipinski definition) is 4. The summed E-state index contributed by atoms with van der Waals surface area (Å²) in [5.74, 6) is 0.751. The van der Waals surface area contributed by atoms with Gasteiger partial charge < -0.3 is 10.5 Å². The molecule has 0 aliphatic rings. The highest BCUT2D eigenvalue weighted by atomic mass is 35.5. The van der Waals surface area contributed by atoms with Crippen molar-refractivity contribution in [1.29, 1.82) is 0 Å². The van der Waals surface area contributed by atoms with Crippen LogP contribution in [0.15, 0.2) is 65.5 Å². The molecule has 0 amide bonds. The molecule has 1 aromatic heterocycles. The average molecular weight is 368 g/mol. The lowest BCUT2D eigenvalue weighted by Gasteiger charge is -2.08. The van der Waals surface area contributed by atoms with Crippen molar-refractivity contribution in [3.8, 4) is 17.0 Å². The quantitative estimate of drug-likeness (QED) is 0.743. The molecule has 0 radical (unpaired) electrons. The van der Waals surface area contributed by atoms with Gasteiger partial charge in [-0.2, -0.15) is 5.10 Å². The van der Waals surface area contributed by atoms with Gasteiger partial charge >= 0.3 is 0 Å². The number of ether oxygens (including phenoxy) is 1. The molecular formula is C20H18ClN3O2. The maximum atomic E-state index is 12.2. The molecule has 2 aromatic carbocycles. The maximum Gasteiger partial charge on any atom is 0.290 e. The zero-order valence-corrected chi connectivity index (χ0v) is 15.0. The van der Waals surface area contributed by atoms with Crippen molar-refractivity contribution >= 4 is 23.4 Å². The fraction of sp³-hybridized carbons (Fsp3) is 0.100. The van der Waals surface area contributed by atoms with Crippen molar-refractivity contribution in [3.05, 3.63) is 81.6 Å². The van der Waals surface area contributed by atoms with Crippen LogP contribution in [-0.4, -0.2) is 16.9 Å². The van der Waals surface area contributed by atoms with Gasteiger partial charge in [0, 0.05) is 10.6 Å². The molecule has 0 aliphatic heterocycles. The number of hydrogen-bond donors (Lipinski definition) is 1. The Balaban J connectivity index is 1.85. The number of aromatic nitrogens is 2. The molecule has 0 unspecified atom stereocenters. The molecule has 26 heavy (non-hydrogen) atoms. The molecular weight excluding hydrogens is 350 g/mol. The van der Waals surface area contributed by atoms with Gasteiger partial charge in [0.1, 0.15) is 11.4 Å². The van der Waals surface area contributed by atoms with E-state index in [1.165, 1.54) is 4.68 Å². The SMILES string of the molecule is COc1ccc(-c2cc(N)c(=O)n(CC=Cc3ccc(Cl)cc3)n2)cc1. The first-order chi connectivity index (χ1) is 12.6. The summed E-state index contributed by atoms with van der Waals surface area (Å²) in [5.41, 5.74) is 8.19. The molecule has 6 heteroatoms. The molecule has 1 heterocycles. The highest BCUT2D eigenvalue weighted by molar-refractivity contribution is 6.30. The van der Waals surface area contributed by atoms with Crippen molar-refractivity contribution in [3.63, 3.8) is 0 Å². The van der Waals surface area contributed by atoms with Crippen molar-refractivity contribution in [2.45, 2.75) is 6.54 Å². The first kappa shape index (κ1) is 17.8. The van der Waals surface area contributed by atoms with E-state index in [1.807, 2.05) is 60.7 Å². The van der Waals surface area contributed by atoms with Gasteiger partial charge in [-0.1, -0.05) is 35.9 Å². The summed E-state index contributed by atoms with van der Waals surface area (Å²) in [6, 6.07) is 16.4. The summed E-state index contributed by atoms with van der Waals surface area (Å²) >= 11 is 5.87. The Morgan fingerprint density at radius 1 is 1.15 bits per heavy atom. The van der Waals surface area contributed by atoms with E-state index in [0.29, 0.717) is 17.3 Å². The Labute approximate surface area is 156 Å². The molecule has 5 nitrogen and oxygen atoms in total. The Hall–Kier alpha value is -3.05. The number of halogens is 1. The molecule has 0 aliphatic carbocycles. The zero-order valence-electron chi connectivity index (χ0n) is 14.2. The molecule has 0 spiro atoms. The van der Waals surface area contributed by atoms with Gasteiger partial charge in [0.15, 0.2) is 0 Å². The van der Waals surface area contributed by atoms with E-state index in [1.54, 1.807) is 13.2 Å². The summed E-state index contributed by atoms with van der Waals surface area (Å²) in [4.78, 5) is 12.2. The van der Waals surface area contributed by atoms with Gasteiger partial charge in [-0.05, 0) is 48.0 Å². The predicted molar refractivity (Wildman–Crippen MR) is 105 cm³/mol. The van der Waals surface area contributed by atoms with E-state index in [0.717, 1.165) is 16.9 Å². The second-order valence-corrected chi connectivity index (χ2v) is 6.09. The Bertz CT molecular complexity index is 977. The lowest BCUT2D eigenvalue weighted by atomic mass is 10.1. The van der Waals surface area contributed by atoms with Crippen molar-refractivity contribution in [1.82, 2.24) is 9.78 Å². The fourth-order valence-electron chi connectivity index (χ4n) is 2.45. The second-order valence-electron chi connectivity index (χ2n) is 5.65. The molecule has 0 fully saturated rings. The van der Waals surface area contributed by atoms with Crippen molar-refractivity contribution in [2.75, 3.05) is 12.8 Å². The number of nitrogen functional groups attached to an aromatic ring is 1. The summed E-state index contributed by atoms with van der Waals surface area (Å²) in [7, 11) is 1.61. The van der Waals surface area contributed by atoms with Gasteiger partial charge in [0.25, 0.3) is 5.56 Å². The van der Waals surface area contributed by atoms with Crippen LogP contribution in [-0.2, 0) is 6.54 Å². The number of rotatable bonds is 5. The summed E-state index contributed by atoms with van der Waals surface area (Å²) in [6.07, 6.45) is 3.76. The van der Waals surface area contributed by atoms with Gasteiger partial charge in [0.05, 0.1) is 19.3 Å². The van der Waals surface area contributed by atoms with Gasteiger partial charge in [0.2, 0.25) is 0 Å². The molecule has 3 aromatic rings. The number of nitrogens with two attached hydrogens (primary N) is 1. The molecule has 0 saturated carbocycles. The highest BCUT2D eigenvalue weighted by Gasteiger charge is 2.07.